The topological polar surface area (TPSA) is 24.5 Å². The van der Waals surface area contributed by atoms with E-state index in [9.17, 15) is 0 Å². The van der Waals surface area contributed by atoms with E-state index in [1.807, 2.05) is 0 Å². The molecule has 14 heavy (non-hydrogen) atoms. The van der Waals surface area contributed by atoms with E-state index >= 15 is 0 Å². The highest BCUT2D eigenvalue weighted by Crippen LogP contribution is 2.15. The first-order valence-corrected chi connectivity index (χ1v) is 4.89. The number of likely N-dealkylation sites (N-methyl/N-ethyl adjacent to an activating group) is 1. The van der Waals surface area contributed by atoms with Crippen molar-refractivity contribution in [2.24, 2.45) is 0 Å². The molecule has 0 aromatic heterocycles. The zero-order valence-corrected chi connectivity index (χ0v) is 10.2. The Balaban J connectivity index is 0.000000845. The smallest absolute Gasteiger partial charge is 0.0832 e. The molecule has 0 saturated carbocycles. The van der Waals surface area contributed by atoms with Gasteiger partial charge in [-0.25, -0.2) is 0 Å². The average molecular weight is 243 g/mol. The Morgan fingerprint density at radius 2 is 1.64 bits per heavy atom. The van der Waals surface area contributed by atoms with Crippen molar-refractivity contribution in [3.05, 3.63) is 0 Å². The Labute approximate surface area is 98.4 Å². The number of hydrogen-bond acceptors (Lipinski definition) is 3. The summed E-state index contributed by atoms with van der Waals surface area (Å²) in [6.07, 6.45) is 3.45. The molecule has 2 aliphatic rings. The Morgan fingerprint density at radius 1 is 1.07 bits per heavy atom. The van der Waals surface area contributed by atoms with E-state index in [4.69, 9.17) is 4.74 Å². The van der Waals surface area contributed by atoms with E-state index in [1.165, 1.54) is 12.8 Å². The van der Waals surface area contributed by atoms with Crippen LogP contribution in [-0.4, -0.2) is 50.3 Å². The highest BCUT2D eigenvalue weighted by Gasteiger charge is 2.27. The van der Waals surface area contributed by atoms with Gasteiger partial charge in [-0.1, -0.05) is 0 Å². The van der Waals surface area contributed by atoms with Crippen LogP contribution in [0.5, 0.6) is 0 Å². The summed E-state index contributed by atoms with van der Waals surface area (Å²) in [5.74, 6) is 0. The number of nitrogens with one attached hydrogen (secondary N) is 1. The van der Waals surface area contributed by atoms with Crippen molar-refractivity contribution >= 4 is 24.8 Å². The molecule has 2 fully saturated rings. The van der Waals surface area contributed by atoms with Crippen molar-refractivity contribution in [2.45, 2.75) is 25.0 Å². The van der Waals surface area contributed by atoms with Gasteiger partial charge in [0.1, 0.15) is 0 Å². The molecule has 0 amide bonds. The van der Waals surface area contributed by atoms with Crippen LogP contribution < -0.4 is 5.32 Å². The van der Waals surface area contributed by atoms with Crippen LogP contribution in [0.4, 0.5) is 0 Å². The zero-order valence-electron chi connectivity index (χ0n) is 8.57. The Bertz CT molecular complexity index is 148. The Hall–Kier alpha value is 0.460. The number of likely N-dealkylation sites (tertiary alicyclic amines) is 1. The summed E-state index contributed by atoms with van der Waals surface area (Å²) >= 11 is 0. The summed E-state index contributed by atoms with van der Waals surface area (Å²) in [7, 11) is 2.14. The van der Waals surface area contributed by atoms with Crippen LogP contribution in [-0.2, 0) is 4.74 Å². The molecule has 0 aromatic carbocycles. The van der Waals surface area contributed by atoms with Crippen LogP contribution in [0.15, 0.2) is 0 Å². The summed E-state index contributed by atoms with van der Waals surface area (Å²) in [4.78, 5) is 2.30. The fourth-order valence-electron chi connectivity index (χ4n) is 1.93. The fourth-order valence-corrected chi connectivity index (χ4v) is 1.93. The van der Waals surface area contributed by atoms with Crippen LogP contribution in [0, 0.1) is 0 Å². The molecule has 86 valence electrons. The van der Waals surface area contributed by atoms with Gasteiger partial charge in [0.2, 0.25) is 0 Å². The van der Waals surface area contributed by atoms with E-state index in [0.717, 1.165) is 26.2 Å². The molecule has 0 unspecified atom stereocenters. The maximum atomic E-state index is 5.92. The third-order valence-corrected chi connectivity index (χ3v) is 2.70. The van der Waals surface area contributed by atoms with E-state index in [0.29, 0.717) is 12.2 Å². The van der Waals surface area contributed by atoms with Gasteiger partial charge in [-0.2, -0.15) is 0 Å². The molecule has 3 nitrogen and oxygen atoms in total. The monoisotopic (exact) mass is 242 g/mol. The van der Waals surface area contributed by atoms with Crippen molar-refractivity contribution in [3.63, 3.8) is 0 Å². The number of ether oxygens (including phenoxy) is 1. The quantitative estimate of drug-likeness (QED) is 0.780. The van der Waals surface area contributed by atoms with Gasteiger partial charge in [0.15, 0.2) is 0 Å². The molecule has 0 atom stereocenters. The molecule has 0 spiro atoms. The van der Waals surface area contributed by atoms with Crippen LogP contribution in [0.25, 0.3) is 0 Å². The highest BCUT2D eigenvalue weighted by molar-refractivity contribution is 5.85. The minimum atomic E-state index is 0. The standard InChI is InChI=1S/C9H18N2O.2ClH/c1-11-6-9(7-11)12-8-2-4-10-5-3-8;;/h8-10H,2-7H2,1H3;2*1H. The van der Waals surface area contributed by atoms with Crippen LogP contribution >= 0.6 is 24.8 Å². The Kier molecular flexibility index (Phi) is 7.08. The van der Waals surface area contributed by atoms with Gasteiger partial charge in [-0.15, -0.1) is 24.8 Å². The molecular formula is C9H20Cl2N2O. The fraction of sp³-hybridized carbons (Fsp3) is 1.00. The molecule has 1 N–H and O–H groups in total. The normalized spacial score (nSPS) is 24.6. The van der Waals surface area contributed by atoms with Crippen molar-refractivity contribution in [1.82, 2.24) is 10.2 Å². The lowest BCUT2D eigenvalue weighted by Gasteiger charge is -2.39. The van der Waals surface area contributed by atoms with Crippen LogP contribution in [0.1, 0.15) is 12.8 Å². The molecule has 0 bridgehead atoms. The predicted molar refractivity (Wildman–Crippen MR) is 62.8 cm³/mol. The van der Waals surface area contributed by atoms with Gasteiger partial charge in [-0.05, 0) is 33.0 Å². The third-order valence-electron chi connectivity index (χ3n) is 2.70. The average Bonchev–Trinajstić information content (AvgIpc) is 2.04. The lowest BCUT2D eigenvalue weighted by Crippen LogP contribution is -2.51. The van der Waals surface area contributed by atoms with E-state index in [-0.39, 0.29) is 24.8 Å². The predicted octanol–water partition coefficient (Wildman–Crippen LogP) is 0.913. The number of rotatable bonds is 2. The molecule has 0 aliphatic carbocycles. The molecule has 5 heteroatoms. The first-order valence-electron chi connectivity index (χ1n) is 4.89. The first kappa shape index (κ1) is 14.5. The molecule has 2 saturated heterocycles. The van der Waals surface area contributed by atoms with Crippen molar-refractivity contribution in [1.29, 1.82) is 0 Å². The van der Waals surface area contributed by atoms with Gasteiger partial charge >= 0.3 is 0 Å². The van der Waals surface area contributed by atoms with Crippen LogP contribution in [0.2, 0.25) is 0 Å². The molecule has 0 aromatic rings. The second-order valence-corrected chi connectivity index (χ2v) is 3.93. The van der Waals surface area contributed by atoms with Crippen molar-refractivity contribution in [2.75, 3.05) is 33.2 Å². The minimum absolute atomic E-state index is 0. The number of piperidine rings is 1. The highest BCUT2D eigenvalue weighted by atomic mass is 35.5. The van der Waals surface area contributed by atoms with Gasteiger partial charge in [0.05, 0.1) is 12.2 Å². The third kappa shape index (κ3) is 3.91. The second kappa shape index (κ2) is 6.85. The molecule has 2 aliphatic heterocycles. The lowest BCUT2D eigenvalue weighted by molar-refractivity contribution is -0.0916. The number of hydrogen-bond donors (Lipinski definition) is 1. The number of halogens is 2. The summed E-state index contributed by atoms with van der Waals surface area (Å²) < 4.78 is 5.92. The summed E-state index contributed by atoms with van der Waals surface area (Å²) in [6.45, 7) is 4.52. The lowest BCUT2D eigenvalue weighted by atomic mass is 10.1. The molecule has 2 rings (SSSR count). The molecule has 2 heterocycles. The van der Waals surface area contributed by atoms with Crippen molar-refractivity contribution < 1.29 is 4.74 Å². The molecule has 0 radical (unpaired) electrons. The van der Waals surface area contributed by atoms with E-state index in [1.54, 1.807) is 0 Å². The number of nitrogens with zero attached hydrogens (tertiary/aromatic N) is 1. The maximum Gasteiger partial charge on any atom is 0.0832 e. The second-order valence-electron chi connectivity index (χ2n) is 3.93. The zero-order chi connectivity index (χ0) is 8.39. The summed E-state index contributed by atoms with van der Waals surface area (Å²) in [5, 5.41) is 3.34. The van der Waals surface area contributed by atoms with Gasteiger partial charge < -0.3 is 15.0 Å². The van der Waals surface area contributed by atoms with Gasteiger partial charge in [0.25, 0.3) is 0 Å². The minimum Gasteiger partial charge on any atom is -0.372 e. The van der Waals surface area contributed by atoms with E-state index in [2.05, 4.69) is 17.3 Å². The van der Waals surface area contributed by atoms with Gasteiger partial charge in [-0.3, -0.25) is 0 Å². The Morgan fingerprint density at radius 3 is 2.14 bits per heavy atom. The maximum absolute atomic E-state index is 5.92. The molecular weight excluding hydrogens is 223 g/mol. The first-order chi connectivity index (χ1) is 5.84. The van der Waals surface area contributed by atoms with Crippen molar-refractivity contribution in [3.8, 4) is 0 Å². The van der Waals surface area contributed by atoms with Gasteiger partial charge in [0, 0.05) is 13.1 Å². The van der Waals surface area contributed by atoms with E-state index < -0.39 is 0 Å². The van der Waals surface area contributed by atoms with Crippen LogP contribution in [0.3, 0.4) is 0 Å². The summed E-state index contributed by atoms with van der Waals surface area (Å²) in [5.41, 5.74) is 0. The SMILES string of the molecule is CN1CC(OC2CCNCC2)C1.Cl.Cl. The largest absolute Gasteiger partial charge is 0.372 e. The summed E-state index contributed by atoms with van der Waals surface area (Å²) in [6, 6.07) is 0.